The molecule has 1 saturated heterocycles. The number of guanidine groups is 1. The van der Waals surface area contributed by atoms with Gasteiger partial charge < -0.3 is 20.1 Å². The lowest BCUT2D eigenvalue weighted by Crippen LogP contribution is -2.53. The highest BCUT2D eigenvalue weighted by Crippen LogP contribution is 2.19. The molecule has 1 aliphatic rings. The zero-order valence-corrected chi connectivity index (χ0v) is 15.6. The Morgan fingerprint density at radius 3 is 2.46 bits per heavy atom. The van der Waals surface area contributed by atoms with Crippen LogP contribution in [0.2, 0.25) is 0 Å². The minimum Gasteiger partial charge on any atom is -0.469 e. The SMILES string of the molecule is CCC(CC)C(CNC(=NC)NCCC(=O)OC)N1CCOCC1. The molecule has 24 heavy (non-hydrogen) atoms. The maximum Gasteiger partial charge on any atom is 0.307 e. The van der Waals surface area contributed by atoms with Crippen LogP contribution < -0.4 is 10.6 Å². The van der Waals surface area contributed by atoms with Gasteiger partial charge >= 0.3 is 5.97 Å². The molecule has 0 aromatic heterocycles. The highest BCUT2D eigenvalue weighted by molar-refractivity contribution is 5.80. The fourth-order valence-electron chi connectivity index (χ4n) is 3.14. The van der Waals surface area contributed by atoms with Crippen molar-refractivity contribution in [2.45, 2.75) is 39.2 Å². The third-order valence-electron chi connectivity index (χ3n) is 4.66. The summed E-state index contributed by atoms with van der Waals surface area (Å²) in [5.41, 5.74) is 0. The molecule has 7 nitrogen and oxygen atoms in total. The summed E-state index contributed by atoms with van der Waals surface area (Å²) in [5, 5.41) is 6.57. The van der Waals surface area contributed by atoms with Crippen molar-refractivity contribution in [3.63, 3.8) is 0 Å². The van der Waals surface area contributed by atoms with Crippen LogP contribution in [0.25, 0.3) is 0 Å². The number of esters is 1. The van der Waals surface area contributed by atoms with Gasteiger partial charge in [0.2, 0.25) is 0 Å². The Balaban J connectivity index is 2.53. The van der Waals surface area contributed by atoms with Crippen LogP contribution in [0.15, 0.2) is 4.99 Å². The first kappa shape index (κ1) is 20.7. The molecule has 1 rings (SSSR count). The summed E-state index contributed by atoms with van der Waals surface area (Å²) < 4.78 is 10.1. The van der Waals surface area contributed by atoms with Gasteiger partial charge in [0, 0.05) is 39.3 Å². The second-order valence-corrected chi connectivity index (χ2v) is 6.00. The lowest BCUT2D eigenvalue weighted by atomic mass is 9.92. The lowest BCUT2D eigenvalue weighted by Gasteiger charge is -2.39. The minimum absolute atomic E-state index is 0.221. The van der Waals surface area contributed by atoms with Gasteiger partial charge in [-0.15, -0.1) is 0 Å². The van der Waals surface area contributed by atoms with Gasteiger partial charge in [-0.25, -0.2) is 0 Å². The van der Waals surface area contributed by atoms with Gasteiger partial charge in [-0.3, -0.25) is 14.7 Å². The fourth-order valence-corrected chi connectivity index (χ4v) is 3.14. The van der Waals surface area contributed by atoms with E-state index in [1.165, 1.54) is 7.11 Å². The van der Waals surface area contributed by atoms with Gasteiger partial charge in [0.15, 0.2) is 5.96 Å². The molecule has 0 spiro atoms. The average molecular weight is 342 g/mol. The van der Waals surface area contributed by atoms with E-state index in [1.807, 2.05) is 0 Å². The number of aliphatic imine (C=N–C) groups is 1. The van der Waals surface area contributed by atoms with Gasteiger partial charge in [0.05, 0.1) is 26.7 Å². The standard InChI is InChI=1S/C17H34N4O3/c1-5-14(6-2)15(21-9-11-24-12-10-21)13-20-17(18-3)19-8-7-16(22)23-4/h14-15H,5-13H2,1-4H3,(H2,18,19,20). The van der Waals surface area contributed by atoms with Gasteiger partial charge in [-0.2, -0.15) is 0 Å². The Morgan fingerprint density at radius 2 is 1.92 bits per heavy atom. The van der Waals surface area contributed by atoms with Crippen LogP contribution in [0.1, 0.15) is 33.1 Å². The molecule has 0 aromatic carbocycles. The number of hydrogen-bond acceptors (Lipinski definition) is 5. The van der Waals surface area contributed by atoms with Crippen molar-refractivity contribution < 1.29 is 14.3 Å². The molecule has 0 aromatic rings. The topological polar surface area (TPSA) is 75.2 Å². The predicted octanol–water partition coefficient (Wildman–Crippen LogP) is 0.852. The summed E-state index contributed by atoms with van der Waals surface area (Å²) >= 11 is 0. The molecular weight excluding hydrogens is 308 g/mol. The highest BCUT2D eigenvalue weighted by Gasteiger charge is 2.26. The van der Waals surface area contributed by atoms with Gasteiger partial charge in [0.25, 0.3) is 0 Å². The van der Waals surface area contributed by atoms with Crippen LogP contribution in [0.4, 0.5) is 0 Å². The Bertz CT molecular complexity index is 380. The number of methoxy groups -OCH3 is 1. The van der Waals surface area contributed by atoms with E-state index in [2.05, 4.69) is 39.1 Å². The number of rotatable bonds is 9. The van der Waals surface area contributed by atoms with E-state index < -0.39 is 0 Å². The van der Waals surface area contributed by atoms with Gasteiger partial charge in [-0.05, 0) is 5.92 Å². The Kier molecular flexibility index (Phi) is 10.4. The smallest absolute Gasteiger partial charge is 0.307 e. The van der Waals surface area contributed by atoms with E-state index in [0.29, 0.717) is 24.9 Å². The van der Waals surface area contributed by atoms with Crippen LogP contribution in [0, 0.1) is 5.92 Å². The van der Waals surface area contributed by atoms with Gasteiger partial charge in [-0.1, -0.05) is 26.7 Å². The highest BCUT2D eigenvalue weighted by atomic mass is 16.5. The molecule has 2 N–H and O–H groups in total. The summed E-state index contributed by atoms with van der Waals surface area (Å²) in [6.07, 6.45) is 2.65. The lowest BCUT2D eigenvalue weighted by molar-refractivity contribution is -0.140. The molecule has 7 heteroatoms. The first-order valence-electron chi connectivity index (χ1n) is 8.99. The molecule has 0 amide bonds. The monoisotopic (exact) mass is 342 g/mol. The average Bonchev–Trinajstić information content (AvgIpc) is 2.63. The van der Waals surface area contributed by atoms with Crippen molar-refractivity contribution >= 4 is 11.9 Å². The summed E-state index contributed by atoms with van der Waals surface area (Å²) in [6, 6.07) is 0.461. The molecule has 1 heterocycles. The van der Waals surface area contributed by atoms with Crippen molar-refractivity contribution in [3.05, 3.63) is 0 Å². The number of nitrogens with one attached hydrogen (secondary N) is 2. The second-order valence-electron chi connectivity index (χ2n) is 6.00. The van der Waals surface area contributed by atoms with Crippen LogP contribution in [0.3, 0.4) is 0 Å². The van der Waals surface area contributed by atoms with Crippen molar-refractivity contribution in [1.29, 1.82) is 0 Å². The fraction of sp³-hybridized carbons (Fsp3) is 0.882. The molecule has 1 unspecified atom stereocenters. The summed E-state index contributed by atoms with van der Waals surface area (Å²) in [4.78, 5) is 17.9. The predicted molar refractivity (Wildman–Crippen MR) is 96.2 cm³/mol. The molecule has 1 atom stereocenters. The molecule has 0 saturated carbocycles. The van der Waals surface area contributed by atoms with Gasteiger partial charge in [0.1, 0.15) is 0 Å². The normalized spacial score (nSPS) is 17.6. The summed E-state index contributed by atoms with van der Waals surface area (Å²) in [7, 11) is 3.15. The summed E-state index contributed by atoms with van der Waals surface area (Å²) in [6.45, 7) is 9.44. The molecule has 1 aliphatic heterocycles. The quantitative estimate of drug-likeness (QED) is 0.368. The van der Waals surface area contributed by atoms with E-state index in [1.54, 1.807) is 7.05 Å². The molecule has 0 bridgehead atoms. The van der Waals surface area contributed by atoms with Crippen molar-refractivity contribution in [2.24, 2.45) is 10.9 Å². The third kappa shape index (κ3) is 7.05. The van der Waals surface area contributed by atoms with E-state index >= 15 is 0 Å². The van der Waals surface area contributed by atoms with Crippen LogP contribution >= 0.6 is 0 Å². The van der Waals surface area contributed by atoms with E-state index in [0.717, 1.165) is 51.6 Å². The molecule has 0 radical (unpaired) electrons. The Morgan fingerprint density at radius 1 is 1.25 bits per heavy atom. The molecule has 1 fully saturated rings. The summed E-state index contributed by atoms with van der Waals surface area (Å²) in [5.74, 6) is 1.15. The van der Waals surface area contributed by atoms with E-state index in [-0.39, 0.29) is 5.97 Å². The number of morpholine rings is 1. The number of carbonyl (C=O) groups is 1. The third-order valence-corrected chi connectivity index (χ3v) is 4.66. The van der Waals surface area contributed by atoms with Crippen molar-refractivity contribution in [3.8, 4) is 0 Å². The maximum atomic E-state index is 11.2. The van der Waals surface area contributed by atoms with Crippen LogP contribution in [0.5, 0.6) is 0 Å². The van der Waals surface area contributed by atoms with Crippen molar-refractivity contribution in [1.82, 2.24) is 15.5 Å². The number of hydrogen-bond donors (Lipinski definition) is 2. The van der Waals surface area contributed by atoms with Crippen LogP contribution in [-0.4, -0.2) is 76.4 Å². The minimum atomic E-state index is -0.221. The van der Waals surface area contributed by atoms with Crippen molar-refractivity contribution in [2.75, 3.05) is 53.6 Å². The number of nitrogens with zero attached hydrogens (tertiary/aromatic N) is 2. The first-order valence-corrected chi connectivity index (χ1v) is 8.99. The largest absolute Gasteiger partial charge is 0.469 e. The van der Waals surface area contributed by atoms with E-state index in [9.17, 15) is 4.79 Å². The zero-order chi connectivity index (χ0) is 17.8. The maximum absolute atomic E-state index is 11.2. The Hall–Kier alpha value is -1.34. The second kappa shape index (κ2) is 12.1. The first-order chi connectivity index (χ1) is 11.7. The zero-order valence-electron chi connectivity index (χ0n) is 15.6. The van der Waals surface area contributed by atoms with Crippen LogP contribution in [-0.2, 0) is 14.3 Å². The van der Waals surface area contributed by atoms with E-state index in [4.69, 9.17) is 4.74 Å². The molecular formula is C17H34N4O3. The number of ether oxygens (including phenoxy) is 2. The molecule has 0 aliphatic carbocycles. The Labute approximate surface area is 146 Å². The number of carbonyl (C=O) groups excluding carboxylic acids is 1. The molecule has 140 valence electrons.